The normalized spacial score (nSPS) is 20.9. The molecule has 6 heteroatoms. The van der Waals surface area contributed by atoms with E-state index in [0.717, 1.165) is 0 Å². The third-order valence-corrected chi connectivity index (χ3v) is 5.06. The minimum absolute atomic E-state index is 0.0722. The minimum Gasteiger partial charge on any atom is -0.389 e. The van der Waals surface area contributed by atoms with Gasteiger partial charge >= 0.3 is 0 Å². The predicted molar refractivity (Wildman–Crippen MR) is 72.5 cm³/mol. The Morgan fingerprint density at radius 3 is 2.74 bits per heavy atom. The Kier molecular flexibility index (Phi) is 4.10. The number of aliphatic hydroxyl groups excluding tert-OH is 1. The summed E-state index contributed by atoms with van der Waals surface area (Å²) in [5.74, 6) is -0.217. The summed E-state index contributed by atoms with van der Waals surface area (Å²) >= 11 is 0. The number of nitrogens with zero attached hydrogens (tertiary/aromatic N) is 1. The van der Waals surface area contributed by atoms with Crippen LogP contribution < -0.4 is 4.90 Å². The molecule has 1 aromatic rings. The summed E-state index contributed by atoms with van der Waals surface area (Å²) in [6.07, 6.45) is -0.394. The summed E-state index contributed by atoms with van der Waals surface area (Å²) in [7, 11) is -3.00. The lowest BCUT2D eigenvalue weighted by Gasteiger charge is -2.26. The molecule has 0 aliphatic carbocycles. The first-order valence-corrected chi connectivity index (χ1v) is 8.15. The summed E-state index contributed by atoms with van der Waals surface area (Å²) in [5.41, 5.74) is 0.828. The number of benzene rings is 1. The van der Waals surface area contributed by atoms with Gasteiger partial charge in [0.2, 0.25) is 0 Å². The predicted octanol–water partition coefficient (Wildman–Crippen LogP) is 1.50. The van der Waals surface area contributed by atoms with Crippen LogP contribution in [-0.2, 0) is 9.84 Å². The van der Waals surface area contributed by atoms with Gasteiger partial charge in [-0.15, -0.1) is 0 Å². The van der Waals surface area contributed by atoms with Crippen LogP contribution in [-0.4, -0.2) is 38.1 Å². The highest BCUT2D eigenvalue weighted by Gasteiger charge is 2.23. The van der Waals surface area contributed by atoms with Crippen molar-refractivity contribution >= 4 is 15.5 Å². The van der Waals surface area contributed by atoms with Crippen molar-refractivity contribution in [2.24, 2.45) is 0 Å². The maximum Gasteiger partial charge on any atom is 0.152 e. The Bertz CT molecular complexity index is 557. The van der Waals surface area contributed by atoms with Crippen LogP contribution in [0.3, 0.4) is 0 Å². The number of hydrogen-bond donors (Lipinski definition) is 1. The van der Waals surface area contributed by atoms with Crippen LogP contribution in [0.4, 0.5) is 10.1 Å². The van der Waals surface area contributed by atoms with Crippen LogP contribution >= 0.6 is 0 Å². The smallest absolute Gasteiger partial charge is 0.152 e. The second-order valence-electron chi connectivity index (χ2n) is 4.84. The van der Waals surface area contributed by atoms with Crippen LogP contribution in [0.25, 0.3) is 0 Å². The van der Waals surface area contributed by atoms with E-state index in [1.807, 2.05) is 4.90 Å². The van der Waals surface area contributed by atoms with Crippen molar-refractivity contribution in [2.45, 2.75) is 19.4 Å². The van der Waals surface area contributed by atoms with Gasteiger partial charge in [0, 0.05) is 24.3 Å². The fourth-order valence-electron chi connectivity index (χ4n) is 2.39. The van der Waals surface area contributed by atoms with Crippen LogP contribution in [0.5, 0.6) is 0 Å². The summed E-state index contributed by atoms with van der Waals surface area (Å²) in [5, 5.41) is 9.70. The quantitative estimate of drug-likeness (QED) is 0.895. The Morgan fingerprint density at radius 1 is 1.32 bits per heavy atom. The van der Waals surface area contributed by atoms with E-state index in [0.29, 0.717) is 25.2 Å². The fourth-order valence-corrected chi connectivity index (χ4v) is 3.67. The molecule has 0 amide bonds. The average molecular weight is 287 g/mol. The molecule has 1 atom stereocenters. The molecule has 19 heavy (non-hydrogen) atoms. The van der Waals surface area contributed by atoms with Gasteiger partial charge in [0.25, 0.3) is 0 Å². The zero-order chi connectivity index (χ0) is 14.0. The molecule has 0 bridgehead atoms. The molecule has 1 aliphatic rings. The molecule has 1 N–H and O–H groups in total. The van der Waals surface area contributed by atoms with E-state index in [1.165, 1.54) is 13.0 Å². The molecule has 1 aliphatic heterocycles. The average Bonchev–Trinajstić information content (AvgIpc) is 2.49. The van der Waals surface area contributed by atoms with E-state index in [4.69, 9.17) is 0 Å². The van der Waals surface area contributed by atoms with Gasteiger partial charge in [0.1, 0.15) is 5.82 Å². The van der Waals surface area contributed by atoms with E-state index in [-0.39, 0.29) is 17.1 Å². The first-order chi connectivity index (χ1) is 8.91. The number of aliphatic hydroxyl groups is 1. The Balaban J connectivity index is 2.34. The molecule has 2 rings (SSSR count). The Labute approximate surface area is 112 Å². The van der Waals surface area contributed by atoms with Gasteiger partial charge in [0.05, 0.1) is 17.6 Å². The largest absolute Gasteiger partial charge is 0.389 e. The molecule has 0 aromatic heterocycles. The third-order valence-electron chi connectivity index (χ3n) is 3.34. The first kappa shape index (κ1) is 14.3. The van der Waals surface area contributed by atoms with Gasteiger partial charge in [0.15, 0.2) is 9.84 Å². The number of halogens is 1. The third kappa shape index (κ3) is 3.25. The van der Waals surface area contributed by atoms with Crippen molar-refractivity contribution in [1.29, 1.82) is 0 Å². The summed E-state index contributed by atoms with van der Waals surface area (Å²) < 4.78 is 37.0. The van der Waals surface area contributed by atoms with Gasteiger partial charge in [-0.3, -0.25) is 0 Å². The van der Waals surface area contributed by atoms with E-state index in [2.05, 4.69) is 0 Å². The molecule has 1 fully saturated rings. The second kappa shape index (κ2) is 5.46. The summed E-state index contributed by atoms with van der Waals surface area (Å²) in [6.45, 7) is 2.41. The van der Waals surface area contributed by atoms with Crippen LogP contribution in [0.1, 0.15) is 25.0 Å². The van der Waals surface area contributed by atoms with Gasteiger partial charge in [-0.2, -0.15) is 0 Å². The highest BCUT2D eigenvalue weighted by molar-refractivity contribution is 7.91. The number of hydrogen-bond acceptors (Lipinski definition) is 4. The SMILES string of the molecule is C[C@@H](O)c1c(F)cccc1N1CCCS(=O)(=O)CC1. The number of sulfone groups is 1. The highest BCUT2D eigenvalue weighted by atomic mass is 32.2. The minimum atomic E-state index is -3.00. The lowest BCUT2D eigenvalue weighted by Crippen LogP contribution is -2.28. The lowest BCUT2D eigenvalue weighted by molar-refractivity contribution is 0.194. The number of anilines is 1. The van der Waals surface area contributed by atoms with E-state index >= 15 is 0 Å². The van der Waals surface area contributed by atoms with E-state index in [9.17, 15) is 17.9 Å². The maximum absolute atomic E-state index is 13.8. The molecule has 106 valence electrons. The Morgan fingerprint density at radius 2 is 2.05 bits per heavy atom. The van der Waals surface area contributed by atoms with Gasteiger partial charge < -0.3 is 10.0 Å². The molecular weight excluding hydrogens is 269 g/mol. The first-order valence-electron chi connectivity index (χ1n) is 6.32. The van der Waals surface area contributed by atoms with Gasteiger partial charge in [-0.1, -0.05) is 6.07 Å². The molecule has 1 aromatic carbocycles. The topological polar surface area (TPSA) is 57.6 Å². The lowest BCUT2D eigenvalue weighted by atomic mass is 10.1. The van der Waals surface area contributed by atoms with Crippen molar-refractivity contribution in [3.63, 3.8) is 0 Å². The molecule has 0 radical (unpaired) electrons. The van der Waals surface area contributed by atoms with E-state index < -0.39 is 21.8 Å². The van der Waals surface area contributed by atoms with Gasteiger partial charge in [-0.25, -0.2) is 12.8 Å². The highest BCUT2D eigenvalue weighted by Crippen LogP contribution is 2.29. The van der Waals surface area contributed by atoms with Crippen LogP contribution in [0, 0.1) is 5.82 Å². The van der Waals surface area contributed by atoms with Crippen molar-refractivity contribution in [1.82, 2.24) is 0 Å². The molecule has 0 unspecified atom stereocenters. The second-order valence-corrected chi connectivity index (χ2v) is 7.14. The maximum atomic E-state index is 13.8. The monoisotopic (exact) mass is 287 g/mol. The summed E-state index contributed by atoms with van der Waals surface area (Å²) in [4.78, 5) is 1.84. The molecule has 0 saturated carbocycles. The van der Waals surface area contributed by atoms with Gasteiger partial charge in [-0.05, 0) is 25.5 Å². The fraction of sp³-hybridized carbons (Fsp3) is 0.538. The molecule has 0 spiro atoms. The number of rotatable bonds is 2. The van der Waals surface area contributed by atoms with E-state index in [1.54, 1.807) is 12.1 Å². The summed E-state index contributed by atoms with van der Waals surface area (Å²) in [6, 6.07) is 4.61. The van der Waals surface area contributed by atoms with Crippen LogP contribution in [0.2, 0.25) is 0 Å². The zero-order valence-corrected chi connectivity index (χ0v) is 11.7. The zero-order valence-electron chi connectivity index (χ0n) is 10.8. The molecule has 1 heterocycles. The van der Waals surface area contributed by atoms with Crippen LogP contribution in [0.15, 0.2) is 18.2 Å². The van der Waals surface area contributed by atoms with Crippen molar-refractivity contribution in [2.75, 3.05) is 29.5 Å². The molecule has 1 saturated heterocycles. The van der Waals surface area contributed by atoms with Crippen molar-refractivity contribution < 1.29 is 17.9 Å². The molecule has 4 nitrogen and oxygen atoms in total. The molecular formula is C13H18FNO3S. The van der Waals surface area contributed by atoms with Crippen molar-refractivity contribution in [3.05, 3.63) is 29.6 Å². The van der Waals surface area contributed by atoms with Crippen molar-refractivity contribution in [3.8, 4) is 0 Å². The Hall–Kier alpha value is -1.14. The standard InChI is InChI=1S/C13H18FNO3S/c1-10(16)13-11(14)4-2-5-12(13)15-6-3-8-19(17,18)9-7-15/h2,4-5,10,16H,3,6-9H2,1H3/t10-/m1/s1.